The minimum absolute atomic E-state index is 0.173. The van der Waals surface area contributed by atoms with Gasteiger partial charge in [0.2, 0.25) is 0 Å². The molecule has 0 heterocycles. The van der Waals surface area contributed by atoms with Gasteiger partial charge < -0.3 is 9.57 Å². The molecule has 0 atom stereocenters. The summed E-state index contributed by atoms with van der Waals surface area (Å²) >= 11 is 0. The molecule has 1 aliphatic rings. The summed E-state index contributed by atoms with van der Waals surface area (Å²) in [6.45, 7) is 8.37. The van der Waals surface area contributed by atoms with Gasteiger partial charge in [0.05, 0.1) is 31.3 Å². The lowest BCUT2D eigenvalue weighted by molar-refractivity contribution is 0.115. The topological polar surface area (TPSA) is 85.1 Å². The average molecular weight is 402 g/mol. The van der Waals surface area contributed by atoms with Gasteiger partial charge in [-0.1, -0.05) is 37.2 Å². The maximum absolute atomic E-state index is 12.0. The van der Waals surface area contributed by atoms with E-state index in [9.17, 15) is 4.79 Å². The van der Waals surface area contributed by atoms with Crippen molar-refractivity contribution in [1.82, 2.24) is 0 Å². The molecule has 0 N–H and O–H groups in total. The lowest BCUT2D eigenvalue weighted by Gasteiger charge is -2.20. The fraction of sp³-hybridized carbons (Fsp3) is 0.524. The number of carbonyl (C=O) groups excluding carboxylic acids is 1. The van der Waals surface area contributed by atoms with E-state index in [0.29, 0.717) is 29.5 Å². The minimum Gasteiger partial charge on any atom is -0.451 e. The number of nitrogens with zero attached hydrogens (tertiary/aromatic N) is 4. The van der Waals surface area contributed by atoms with Crippen LogP contribution in [0.3, 0.4) is 0 Å². The van der Waals surface area contributed by atoms with Gasteiger partial charge in [-0.2, -0.15) is 15.3 Å². The van der Waals surface area contributed by atoms with Crippen LogP contribution in [0.1, 0.15) is 46.1 Å². The summed E-state index contributed by atoms with van der Waals surface area (Å²) in [5, 5.41) is 14.4. The smallest absolute Gasteiger partial charge is 0.438 e. The third kappa shape index (κ3) is 5.87. The van der Waals surface area contributed by atoms with Crippen molar-refractivity contribution in [2.24, 2.45) is 27.2 Å². The van der Waals surface area contributed by atoms with Crippen LogP contribution < -0.4 is 5.06 Å². The Morgan fingerprint density at radius 3 is 2.45 bits per heavy atom. The fourth-order valence-corrected chi connectivity index (χ4v) is 2.77. The lowest BCUT2D eigenvalue weighted by atomic mass is 10.0. The van der Waals surface area contributed by atoms with Crippen molar-refractivity contribution >= 4 is 28.9 Å². The Labute approximate surface area is 172 Å². The molecule has 0 aliphatic heterocycles. The number of para-hydroxylation sites is 1. The molecule has 8 heteroatoms. The van der Waals surface area contributed by atoms with Gasteiger partial charge in [0, 0.05) is 17.4 Å². The number of carbonyl (C=O) groups is 1. The Morgan fingerprint density at radius 2 is 1.90 bits per heavy atom. The third-order valence-electron chi connectivity index (χ3n) is 4.41. The first kappa shape index (κ1) is 22.5. The Morgan fingerprint density at radius 1 is 1.21 bits per heavy atom. The zero-order valence-corrected chi connectivity index (χ0v) is 18.0. The predicted octanol–water partition coefficient (Wildman–Crippen LogP) is 4.44. The normalized spacial score (nSPS) is 15.5. The first-order chi connectivity index (χ1) is 13.9. The molecule has 2 rings (SSSR count). The predicted molar refractivity (Wildman–Crippen MR) is 115 cm³/mol. The van der Waals surface area contributed by atoms with Gasteiger partial charge in [-0.15, -0.1) is 0 Å². The van der Waals surface area contributed by atoms with Crippen LogP contribution in [0, 0.1) is 11.8 Å². The van der Waals surface area contributed by atoms with Gasteiger partial charge >= 0.3 is 6.09 Å². The molecule has 1 fully saturated rings. The first-order valence-corrected chi connectivity index (χ1v) is 9.78. The molecule has 158 valence electrons. The molecule has 0 unspecified atom stereocenters. The van der Waals surface area contributed by atoms with Gasteiger partial charge in [-0.05, 0) is 32.8 Å². The number of ether oxygens (including phenoxy) is 1. The number of benzene rings is 1. The van der Waals surface area contributed by atoms with Gasteiger partial charge in [-0.3, -0.25) is 4.84 Å². The number of methoxy groups -OCH3 is 1. The van der Waals surface area contributed by atoms with E-state index in [0.717, 1.165) is 29.3 Å². The second-order valence-corrected chi connectivity index (χ2v) is 6.96. The fourth-order valence-electron chi connectivity index (χ4n) is 2.77. The molecule has 0 aromatic heterocycles. The van der Waals surface area contributed by atoms with E-state index in [2.05, 4.69) is 29.2 Å². The quantitative estimate of drug-likeness (QED) is 0.451. The van der Waals surface area contributed by atoms with Crippen LogP contribution in [-0.4, -0.2) is 44.1 Å². The standard InChI is InChI=1S/C21H30N4O4/c1-7-29-24-19(14(2)3)20(16-12-13-16)23-22-15(4)17-10-8-9-11-18(17)25(28-6)21(26)27-5/h8-11,14,16H,7,12-13H2,1-6H3/b22-15+,23-20+,24-19+. The van der Waals surface area contributed by atoms with Crippen molar-refractivity contribution in [3.63, 3.8) is 0 Å². The molecule has 0 bridgehead atoms. The zero-order chi connectivity index (χ0) is 21.4. The molecule has 1 aromatic carbocycles. The highest BCUT2D eigenvalue weighted by molar-refractivity contribution is 6.44. The van der Waals surface area contributed by atoms with Crippen LogP contribution in [0.25, 0.3) is 0 Å². The number of hydrogen-bond acceptors (Lipinski definition) is 7. The second-order valence-electron chi connectivity index (χ2n) is 6.96. The number of anilines is 1. The van der Waals surface area contributed by atoms with Gasteiger partial charge in [0.25, 0.3) is 0 Å². The Balaban J connectivity index is 2.42. The largest absolute Gasteiger partial charge is 0.451 e. The van der Waals surface area contributed by atoms with E-state index in [1.807, 2.05) is 32.0 Å². The number of amides is 1. The van der Waals surface area contributed by atoms with E-state index < -0.39 is 6.09 Å². The summed E-state index contributed by atoms with van der Waals surface area (Å²) in [6.07, 6.45) is 1.52. The van der Waals surface area contributed by atoms with Crippen molar-refractivity contribution in [2.75, 3.05) is 25.9 Å². The van der Waals surface area contributed by atoms with Crippen molar-refractivity contribution in [3.05, 3.63) is 29.8 Å². The van der Waals surface area contributed by atoms with Gasteiger partial charge in [0.1, 0.15) is 12.3 Å². The average Bonchev–Trinajstić information content (AvgIpc) is 3.55. The molecule has 0 saturated heterocycles. The molecule has 0 radical (unpaired) electrons. The first-order valence-electron chi connectivity index (χ1n) is 9.78. The SMILES string of the molecule is CCO/N=C(/C(=N/N=C(\C)c1ccccc1N(OC)C(=O)OC)C1CC1)C(C)C. The number of oxime groups is 1. The van der Waals surface area contributed by atoms with Crippen molar-refractivity contribution < 1.29 is 19.2 Å². The minimum atomic E-state index is -0.624. The summed E-state index contributed by atoms with van der Waals surface area (Å²) in [5.41, 5.74) is 3.57. The molecule has 1 saturated carbocycles. The van der Waals surface area contributed by atoms with Crippen molar-refractivity contribution in [1.29, 1.82) is 0 Å². The molecular weight excluding hydrogens is 372 g/mol. The van der Waals surface area contributed by atoms with Gasteiger partial charge in [-0.25, -0.2) is 4.79 Å². The van der Waals surface area contributed by atoms with E-state index in [1.165, 1.54) is 14.2 Å². The number of rotatable bonds is 9. The molecule has 29 heavy (non-hydrogen) atoms. The highest BCUT2D eigenvalue weighted by Gasteiger charge is 2.32. The van der Waals surface area contributed by atoms with E-state index in [1.54, 1.807) is 6.07 Å². The number of hydrogen-bond donors (Lipinski definition) is 0. The molecule has 8 nitrogen and oxygen atoms in total. The molecule has 0 spiro atoms. The highest BCUT2D eigenvalue weighted by atomic mass is 16.7. The van der Waals surface area contributed by atoms with E-state index in [4.69, 9.17) is 14.4 Å². The molecular formula is C21H30N4O4. The van der Waals surface area contributed by atoms with E-state index >= 15 is 0 Å². The zero-order valence-electron chi connectivity index (χ0n) is 18.0. The third-order valence-corrected chi connectivity index (χ3v) is 4.41. The van der Waals surface area contributed by atoms with Gasteiger partial charge in [0.15, 0.2) is 0 Å². The Hall–Kier alpha value is -2.74. The highest BCUT2D eigenvalue weighted by Crippen LogP contribution is 2.32. The summed E-state index contributed by atoms with van der Waals surface area (Å²) < 4.78 is 4.79. The molecule has 1 aliphatic carbocycles. The summed E-state index contributed by atoms with van der Waals surface area (Å²) in [4.78, 5) is 22.5. The monoisotopic (exact) mass is 402 g/mol. The molecule has 1 amide bonds. The molecule has 1 aromatic rings. The maximum atomic E-state index is 12.0. The van der Waals surface area contributed by atoms with Crippen LogP contribution in [0.4, 0.5) is 10.5 Å². The summed E-state index contributed by atoms with van der Waals surface area (Å²) in [5.74, 6) is 0.529. The van der Waals surface area contributed by atoms with Crippen molar-refractivity contribution in [2.45, 2.75) is 40.5 Å². The second kappa shape index (κ2) is 10.7. The Kier molecular flexibility index (Phi) is 8.33. The van der Waals surface area contributed by atoms with Crippen LogP contribution in [0.15, 0.2) is 39.6 Å². The Bertz CT molecular complexity index is 798. The van der Waals surface area contributed by atoms with E-state index in [-0.39, 0.29) is 5.92 Å². The van der Waals surface area contributed by atoms with Crippen molar-refractivity contribution in [3.8, 4) is 0 Å². The maximum Gasteiger partial charge on any atom is 0.438 e. The summed E-state index contributed by atoms with van der Waals surface area (Å²) in [6, 6.07) is 7.29. The summed E-state index contributed by atoms with van der Waals surface area (Å²) in [7, 11) is 2.71. The van der Waals surface area contributed by atoms with Crippen LogP contribution in [0.5, 0.6) is 0 Å². The van der Waals surface area contributed by atoms with Crippen LogP contribution >= 0.6 is 0 Å². The van der Waals surface area contributed by atoms with Crippen LogP contribution in [-0.2, 0) is 14.4 Å². The van der Waals surface area contributed by atoms with Crippen LogP contribution in [0.2, 0.25) is 0 Å². The lowest BCUT2D eigenvalue weighted by Crippen LogP contribution is -2.30. The number of hydroxylamine groups is 1.